The van der Waals surface area contributed by atoms with Gasteiger partial charge in [0, 0.05) is 6.54 Å². The highest BCUT2D eigenvalue weighted by Crippen LogP contribution is 2.19. The number of amides is 1. The summed E-state index contributed by atoms with van der Waals surface area (Å²) in [6.07, 6.45) is 0. The van der Waals surface area contributed by atoms with E-state index in [1.165, 1.54) is 9.87 Å². The van der Waals surface area contributed by atoms with Crippen molar-refractivity contribution in [3.05, 3.63) is 65.2 Å². The van der Waals surface area contributed by atoms with Crippen molar-refractivity contribution in [1.29, 1.82) is 0 Å². The molecule has 0 aromatic heterocycles. The van der Waals surface area contributed by atoms with E-state index in [1.54, 1.807) is 12.1 Å². The molecule has 7 heteroatoms. The van der Waals surface area contributed by atoms with Crippen LogP contribution in [0.3, 0.4) is 0 Å². The first-order valence-electron chi connectivity index (χ1n) is 10.5. The Morgan fingerprint density at radius 1 is 1.07 bits per heavy atom. The molecule has 0 aliphatic carbocycles. The maximum atomic E-state index is 12.9. The predicted octanol–water partition coefficient (Wildman–Crippen LogP) is 1.11. The number of sulfonamides is 1. The van der Waals surface area contributed by atoms with Gasteiger partial charge in [-0.05, 0) is 48.6 Å². The molecule has 2 N–H and O–H groups in total. The summed E-state index contributed by atoms with van der Waals surface area (Å²) in [6.45, 7) is 9.09. The first-order valence-corrected chi connectivity index (χ1v) is 11.9. The number of quaternary nitrogens is 1. The van der Waals surface area contributed by atoms with E-state index in [0.29, 0.717) is 44.2 Å². The Bertz CT molecular complexity index is 968. The second-order valence-electron chi connectivity index (χ2n) is 8.19. The number of benzene rings is 2. The lowest BCUT2D eigenvalue weighted by Crippen LogP contribution is -3.15. The smallest absolute Gasteiger partial charge is 0.275 e. The molecule has 2 aromatic carbocycles. The Morgan fingerprint density at radius 2 is 1.73 bits per heavy atom. The molecule has 2 aromatic rings. The summed E-state index contributed by atoms with van der Waals surface area (Å²) in [7, 11) is -3.49. The molecule has 0 radical (unpaired) electrons. The molecule has 0 spiro atoms. The van der Waals surface area contributed by atoms with Crippen molar-refractivity contribution >= 4 is 15.9 Å². The Morgan fingerprint density at radius 3 is 2.37 bits per heavy atom. The number of aryl methyl sites for hydroxylation is 2. The molecule has 30 heavy (non-hydrogen) atoms. The number of carbonyl (C=O) groups excluding carboxylic acids is 1. The van der Waals surface area contributed by atoms with E-state index in [9.17, 15) is 13.2 Å². The van der Waals surface area contributed by atoms with E-state index in [1.807, 2.05) is 38.1 Å². The minimum atomic E-state index is -3.49. The second-order valence-corrected chi connectivity index (χ2v) is 10.1. The Kier molecular flexibility index (Phi) is 7.28. The summed E-state index contributed by atoms with van der Waals surface area (Å²) in [6, 6.07) is 15.4. The third-order valence-electron chi connectivity index (χ3n) is 5.93. The number of carbonyl (C=O) groups is 1. The Balaban J connectivity index is 1.48. The molecule has 1 heterocycles. The highest BCUT2D eigenvalue weighted by molar-refractivity contribution is 7.89. The Labute approximate surface area is 179 Å². The molecular formula is C23H32N3O3S+. The highest BCUT2D eigenvalue weighted by atomic mass is 32.2. The van der Waals surface area contributed by atoms with Crippen LogP contribution in [0.4, 0.5) is 0 Å². The number of nitrogens with zero attached hydrogens (tertiary/aromatic N) is 1. The summed E-state index contributed by atoms with van der Waals surface area (Å²) in [4.78, 5) is 13.8. The fourth-order valence-corrected chi connectivity index (χ4v) is 5.23. The van der Waals surface area contributed by atoms with E-state index in [2.05, 4.69) is 24.4 Å². The van der Waals surface area contributed by atoms with Crippen molar-refractivity contribution in [2.45, 2.75) is 31.6 Å². The van der Waals surface area contributed by atoms with Gasteiger partial charge in [-0.25, -0.2) is 8.42 Å². The minimum absolute atomic E-state index is 0.0123. The van der Waals surface area contributed by atoms with Crippen molar-refractivity contribution < 1.29 is 18.1 Å². The standard InChI is InChI=1S/C23H31N3O3S/c1-18-9-10-22(15-19(18)2)30(28,29)26-13-11-25(12-14-26)17-23(27)24-16-20(3)21-7-5-4-6-8-21/h4-10,15,20H,11-14,16-17H2,1-3H3,(H,24,27)/p+1/t20-/m1/s1. The van der Waals surface area contributed by atoms with E-state index in [0.717, 1.165) is 16.0 Å². The first kappa shape index (κ1) is 22.5. The van der Waals surface area contributed by atoms with Gasteiger partial charge >= 0.3 is 0 Å². The summed E-state index contributed by atoms with van der Waals surface area (Å²) < 4.78 is 27.4. The average Bonchev–Trinajstić information content (AvgIpc) is 2.75. The largest absolute Gasteiger partial charge is 0.351 e. The zero-order valence-electron chi connectivity index (χ0n) is 18.0. The lowest BCUT2D eigenvalue weighted by atomic mass is 10.0. The molecule has 1 amide bonds. The minimum Gasteiger partial charge on any atom is -0.351 e. The van der Waals surface area contributed by atoms with Crippen LogP contribution in [0.5, 0.6) is 0 Å². The van der Waals surface area contributed by atoms with Crippen LogP contribution in [0, 0.1) is 13.8 Å². The maximum Gasteiger partial charge on any atom is 0.275 e. The van der Waals surface area contributed by atoms with Gasteiger partial charge in [0.2, 0.25) is 10.0 Å². The summed E-state index contributed by atoms with van der Waals surface area (Å²) in [5, 5.41) is 3.02. The number of nitrogens with one attached hydrogen (secondary N) is 2. The molecule has 1 atom stereocenters. The van der Waals surface area contributed by atoms with Crippen LogP contribution < -0.4 is 10.2 Å². The SMILES string of the molecule is Cc1ccc(S(=O)(=O)N2CC[NH+](CC(=O)NC[C@@H](C)c3ccccc3)CC2)cc1C. The lowest BCUT2D eigenvalue weighted by Gasteiger charge is -2.31. The third-order valence-corrected chi connectivity index (χ3v) is 7.82. The molecule has 1 aliphatic rings. The third kappa shape index (κ3) is 5.47. The molecule has 6 nitrogen and oxygen atoms in total. The lowest BCUT2D eigenvalue weighted by molar-refractivity contribution is -0.895. The fraction of sp³-hybridized carbons (Fsp3) is 0.435. The monoisotopic (exact) mass is 430 g/mol. The van der Waals surface area contributed by atoms with Gasteiger partial charge in [0.05, 0.1) is 31.1 Å². The first-order chi connectivity index (χ1) is 14.3. The number of piperazine rings is 1. The topological polar surface area (TPSA) is 70.9 Å². The van der Waals surface area contributed by atoms with Crippen LogP contribution in [0.15, 0.2) is 53.4 Å². The highest BCUT2D eigenvalue weighted by Gasteiger charge is 2.31. The second kappa shape index (κ2) is 9.73. The molecule has 0 bridgehead atoms. The van der Waals surface area contributed by atoms with E-state index >= 15 is 0 Å². The molecule has 162 valence electrons. The number of hydrogen-bond acceptors (Lipinski definition) is 3. The van der Waals surface area contributed by atoms with Crippen LogP contribution in [0.1, 0.15) is 29.5 Å². The van der Waals surface area contributed by atoms with Crippen LogP contribution in [-0.4, -0.2) is 57.9 Å². The van der Waals surface area contributed by atoms with Gasteiger partial charge < -0.3 is 10.2 Å². The molecule has 0 unspecified atom stereocenters. The summed E-state index contributed by atoms with van der Waals surface area (Å²) in [5.41, 5.74) is 3.26. The quantitative estimate of drug-likeness (QED) is 0.691. The Hall–Kier alpha value is -2.22. The van der Waals surface area contributed by atoms with Crippen LogP contribution in [0.25, 0.3) is 0 Å². The molecule has 1 aliphatic heterocycles. The molecule has 0 saturated carbocycles. The van der Waals surface area contributed by atoms with Crippen LogP contribution in [-0.2, 0) is 14.8 Å². The van der Waals surface area contributed by atoms with Gasteiger partial charge in [0.1, 0.15) is 0 Å². The van der Waals surface area contributed by atoms with Crippen molar-refractivity contribution in [1.82, 2.24) is 9.62 Å². The maximum absolute atomic E-state index is 12.9. The average molecular weight is 431 g/mol. The summed E-state index contributed by atoms with van der Waals surface area (Å²) in [5.74, 6) is 0.267. The van der Waals surface area contributed by atoms with Crippen LogP contribution in [0.2, 0.25) is 0 Å². The van der Waals surface area contributed by atoms with E-state index in [-0.39, 0.29) is 11.8 Å². The van der Waals surface area contributed by atoms with E-state index in [4.69, 9.17) is 0 Å². The molecule has 3 rings (SSSR count). The molecule has 1 fully saturated rings. The number of rotatable bonds is 7. The fourth-order valence-electron chi connectivity index (χ4n) is 3.70. The van der Waals surface area contributed by atoms with Crippen molar-refractivity contribution in [3.63, 3.8) is 0 Å². The molecule has 1 saturated heterocycles. The van der Waals surface area contributed by atoms with Crippen molar-refractivity contribution in [2.24, 2.45) is 0 Å². The van der Waals surface area contributed by atoms with E-state index < -0.39 is 10.0 Å². The van der Waals surface area contributed by atoms with Gasteiger partial charge in [0.25, 0.3) is 5.91 Å². The van der Waals surface area contributed by atoms with Gasteiger partial charge in [-0.15, -0.1) is 0 Å². The zero-order chi connectivity index (χ0) is 21.7. The zero-order valence-corrected chi connectivity index (χ0v) is 18.8. The normalized spacial score (nSPS) is 16.9. The van der Waals surface area contributed by atoms with Crippen molar-refractivity contribution in [2.75, 3.05) is 39.3 Å². The van der Waals surface area contributed by atoms with Gasteiger partial charge in [-0.2, -0.15) is 4.31 Å². The van der Waals surface area contributed by atoms with Crippen LogP contribution >= 0.6 is 0 Å². The number of hydrogen-bond donors (Lipinski definition) is 2. The van der Waals surface area contributed by atoms with Gasteiger partial charge in [-0.1, -0.05) is 43.3 Å². The molecular weight excluding hydrogens is 398 g/mol. The van der Waals surface area contributed by atoms with Crippen molar-refractivity contribution in [3.8, 4) is 0 Å². The van der Waals surface area contributed by atoms with Gasteiger partial charge in [0.15, 0.2) is 6.54 Å². The van der Waals surface area contributed by atoms with Gasteiger partial charge in [-0.3, -0.25) is 4.79 Å². The predicted molar refractivity (Wildman–Crippen MR) is 118 cm³/mol. The summed E-state index contributed by atoms with van der Waals surface area (Å²) >= 11 is 0.